The maximum atomic E-state index is 2.48. The molecular weight excluding hydrogens is 759 g/mol. The average molecular weight is 802 g/mol. The van der Waals surface area contributed by atoms with Gasteiger partial charge in [0.05, 0.1) is 11.4 Å². The fraction of sp³-hybridized carbons (Fsp3) is 0. The molecule has 0 aliphatic rings. The summed E-state index contributed by atoms with van der Waals surface area (Å²) in [6.07, 6.45) is 0. The third kappa shape index (κ3) is 7.06. The van der Waals surface area contributed by atoms with E-state index >= 15 is 0 Å². The number of rotatable bonds is 9. The van der Waals surface area contributed by atoms with Crippen molar-refractivity contribution in [2.45, 2.75) is 0 Å². The molecule has 0 saturated carbocycles. The first kappa shape index (κ1) is 37.7. The lowest BCUT2D eigenvalue weighted by Crippen LogP contribution is -2.14. The van der Waals surface area contributed by atoms with Gasteiger partial charge in [0.25, 0.3) is 0 Å². The molecule has 296 valence electrons. The van der Waals surface area contributed by atoms with Crippen LogP contribution in [0.5, 0.6) is 0 Å². The van der Waals surface area contributed by atoms with Crippen molar-refractivity contribution in [2.24, 2.45) is 0 Å². The molecule has 0 heterocycles. The Kier molecular flexibility index (Phi) is 9.97. The monoisotopic (exact) mass is 801 g/mol. The van der Waals surface area contributed by atoms with E-state index in [2.05, 4.69) is 266 Å². The van der Waals surface area contributed by atoms with E-state index in [1.807, 2.05) is 0 Å². The molecule has 0 unspecified atom stereocenters. The minimum Gasteiger partial charge on any atom is -0.309 e. The molecule has 0 fully saturated rings. The van der Waals surface area contributed by atoms with E-state index in [9.17, 15) is 0 Å². The van der Waals surface area contributed by atoms with E-state index in [-0.39, 0.29) is 0 Å². The van der Waals surface area contributed by atoms with Crippen molar-refractivity contribution in [1.82, 2.24) is 0 Å². The highest BCUT2D eigenvalue weighted by Gasteiger charge is 2.24. The van der Waals surface area contributed by atoms with E-state index in [4.69, 9.17) is 0 Å². The molecule has 0 aromatic heterocycles. The van der Waals surface area contributed by atoms with Crippen LogP contribution in [-0.2, 0) is 0 Å². The normalized spacial score (nSPS) is 11.2. The third-order valence-electron chi connectivity index (χ3n) is 12.3. The number of anilines is 3. The molecule has 0 aliphatic carbocycles. The molecule has 11 aromatic carbocycles. The molecule has 0 radical (unpaired) electrons. The summed E-state index contributed by atoms with van der Waals surface area (Å²) in [5.74, 6) is 0. The molecule has 1 nitrogen and oxygen atoms in total. The Balaban J connectivity index is 1.13. The molecule has 0 atom stereocenters. The summed E-state index contributed by atoms with van der Waals surface area (Å²) in [5, 5.41) is 5.00. The van der Waals surface area contributed by atoms with Crippen LogP contribution >= 0.6 is 0 Å². The van der Waals surface area contributed by atoms with Crippen molar-refractivity contribution in [3.8, 4) is 66.8 Å². The van der Waals surface area contributed by atoms with Gasteiger partial charge in [0.1, 0.15) is 0 Å². The highest BCUT2D eigenvalue weighted by atomic mass is 15.1. The second-order valence-electron chi connectivity index (χ2n) is 16.0. The summed E-state index contributed by atoms with van der Waals surface area (Å²) in [6, 6.07) is 94.6. The van der Waals surface area contributed by atoms with Crippen LogP contribution in [0.15, 0.2) is 261 Å². The van der Waals surface area contributed by atoms with Gasteiger partial charge >= 0.3 is 0 Å². The van der Waals surface area contributed by atoms with Crippen LogP contribution < -0.4 is 4.90 Å². The van der Waals surface area contributed by atoms with Crippen molar-refractivity contribution < 1.29 is 0 Å². The molecule has 63 heavy (non-hydrogen) atoms. The molecule has 1 heteroatoms. The average Bonchev–Trinajstić information content (AvgIpc) is 3.37. The largest absolute Gasteiger partial charge is 0.309 e. The first-order chi connectivity index (χ1) is 31.3. The number of benzene rings is 11. The molecule has 11 rings (SSSR count). The SMILES string of the molecule is c1ccc(-c2ccccc2N(c2ccc(-c3ccc4c(c3)c(-c3ccccc3)c(-c3ccccc3)c3ccccc34)cc2)c2c(-c3ccccc3)cccc2-c2ccccc2)cc1. The fourth-order valence-corrected chi connectivity index (χ4v) is 9.39. The predicted molar refractivity (Wildman–Crippen MR) is 269 cm³/mol. The molecule has 11 aromatic rings. The van der Waals surface area contributed by atoms with E-state index in [0.717, 1.165) is 50.4 Å². The molecular formula is C62H43N. The quantitative estimate of drug-likeness (QED) is 0.131. The molecule has 0 bridgehead atoms. The molecule has 0 N–H and O–H groups in total. The molecule has 0 aliphatic heterocycles. The van der Waals surface area contributed by atoms with Crippen molar-refractivity contribution in [3.05, 3.63) is 261 Å². The van der Waals surface area contributed by atoms with Gasteiger partial charge in [0, 0.05) is 22.4 Å². The fourth-order valence-electron chi connectivity index (χ4n) is 9.39. The lowest BCUT2D eigenvalue weighted by Gasteiger charge is -2.32. The number of hydrogen-bond acceptors (Lipinski definition) is 1. The van der Waals surface area contributed by atoms with Gasteiger partial charge in [-0.2, -0.15) is 0 Å². The van der Waals surface area contributed by atoms with Gasteiger partial charge in [0.15, 0.2) is 0 Å². The van der Waals surface area contributed by atoms with Gasteiger partial charge in [-0.15, -0.1) is 0 Å². The number of nitrogens with zero attached hydrogens (tertiary/aromatic N) is 1. The van der Waals surface area contributed by atoms with Crippen LogP contribution in [0.2, 0.25) is 0 Å². The second kappa shape index (κ2) is 16.7. The zero-order chi connectivity index (χ0) is 42.0. The Labute approximate surface area is 369 Å². The summed E-state index contributed by atoms with van der Waals surface area (Å²) >= 11 is 0. The number of para-hydroxylation sites is 2. The molecule has 0 spiro atoms. The van der Waals surface area contributed by atoms with E-state index in [0.29, 0.717) is 0 Å². The van der Waals surface area contributed by atoms with Gasteiger partial charge in [-0.3, -0.25) is 0 Å². The zero-order valence-corrected chi connectivity index (χ0v) is 34.8. The summed E-state index contributed by atoms with van der Waals surface area (Å²) in [4.78, 5) is 2.48. The number of fused-ring (bicyclic) bond motifs is 3. The van der Waals surface area contributed by atoms with Crippen LogP contribution in [0.25, 0.3) is 88.3 Å². The van der Waals surface area contributed by atoms with E-state index < -0.39 is 0 Å². The Hall–Kier alpha value is -8.26. The van der Waals surface area contributed by atoms with Crippen LogP contribution in [0.3, 0.4) is 0 Å². The highest BCUT2D eigenvalue weighted by Crippen LogP contribution is 2.50. The summed E-state index contributed by atoms with van der Waals surface area (Å²) < 4.78 is 0. The highest BCUT2D eigenvalue weighted by molar-refractivity contribution is 6.22. The van der Waals surface area contributed by atoms with Gasteiger partial charge in [-0.25, -0.2) is 0 Å². The topological polar surface area (TPSA) is 3.24 Å². The van der Waals surface area contributed by atoms with Gasteiger partial charge in [-0.05, 0) is 95.9 Å². The van der Waals surface area contributed by atoms with Crippen LogP contribution in [0.4, 0.5) is 17.1 Å². The third-order valence-corrected chi connectivity index (χ3v) is 12.3. The summed E-state index contributed by atoms with van der Waals surface area (Å²) in [6.45, 7) is 0. The first-order valence-corrected chi connectivity index (χ1v) is 21.7. The Bertz CT molecular complexity index is 3280. The van der Waals surface area contributed by atoms with Gasteiger partial charge < -0.3 is 4.90 Å². The van der Waals surface area contributed by atoms with Crippen LogP contribution in [0.1, 0.15) is 0 Å². The Morgan fingerprint density at radius 1 is 0.222 bits per heavy atom. The maximum absolute atomic E-state index is 2.48. The van der Waals surface area contributed by atoms with Crippen LogP contribution in [-0.4, -0.2) is 0 Å². The number of hydrogen-bond donors (Lipinski definition) is 0. The van der Waals surface area contributed by atoms with Gasteiger partial charge in [0.2, 0.25) is 0 Å². The van der Waals surface area contributed by atoms with E-state index in [1.165, 1.54) is 54.9 Å². The van der Waals surface area contributed by atoms with Crippen molar-refractivity contribution in [3.63, 3.8) is 0 Å². The van der Waals surface area contributed by atoms with Crippen molar-refractivity contribution >= 4 is 38.6 Å². The molecule has 0 amide bonds. The predicted octanol–water partition coefficient (Wildman–Crippen LogP) is 17.5. The molecule has 0 saturated heterocycles. The van der Waals surface area contributed by atoms with Crippen LogP contribution in [0, 0.1) is 0 Å². The maximum Gasteiger partial charge on any atom is 0.0618 e. The smallest absolute Gasteiger partial charge is 0.0618 e. The van der Waals surface area contributed by atoms with Crippen molar-refractivity contribution in [2.75, 3.05) is 4.90 Å². The zero-order valence-electron chi connectivity index (χ0n) is 34.8. The summed E-state index contributed by atoms with van der Waals surface area (Å²) in [5.41, 5.74) is 17.6. The van der Waals surface area contributed by atoms with E-state index in [1.54, 1.807) is 0 Å². The Morgan fingerprint density at radius 2 is 0.619 bits per heavy atom. The minimum atomic E-state index is 1.07. The first-order valence-electron chi connectivity index (χ1n) is 21.7. The second-order valence-corrected chi connectivity index (χ2v) is 16.0. The Morgan fingerprint density at radius 3 is 1.17 bits per heavy atom. The lowest BCUT2D eigenvalue weighted by atomic mass is 9.84. The minimum absolute atomic E-state index is 1.07. The lowest BCUT2D eigenvalue weighted by molar-refractivity contribution is 1.28. The van der Waals surface area contributed by atoms with Crippen molar-refractivity contribution in [1.29, 1.82) is 0 Å². The van der Waals surface area contributed by atoms with Gasteiger partial charge in [-0.1, -0.05) is 237 Å². The standard InChI is InChI=1S/C62H43N/c1-6-21-45(22-7-1)52-31-18-19-36-59(52)63(62-53(46-23-8-2-9-24-46)34-20-35-54(62)47-25-10-3-11-26-47)51-40-37-44(38-41-51)50-39-42-56-55-32-16-17-33-57(55)60(48-27-12-4-13-28-48)61(58(56)43-50)49-29-14-5-15-30-49/h1-43H. The summed E-state index contributed by atoms with van der Waals surface area (Å²) in [7, 11) is 0.